The van der Waals surface area contributed by atoms with Crippen LogP contribution in [0.4, 0.5) is 4.39 Å². The lowest BCUT2D eigenvalue weighted by Gasteiger charge is -2.12. The Balaban J connectivity index is 2.75. The van der Waals surface area contributed by atoms with Crippen molar-refractivity contribution in [3.05, 3.63) is 38.3 Å². The highest BCUT2D eigenvalue weighted by Gasteiger charge is 2.18. The summed E-state index contributed by atoms with van der Waals surface area (Å²) in [4.78, 5) is 8.19. The summed E-state index contributed by atoms with van der Waals surface area (Å²) in [7, 11) is 2.93. The SMILES string of the molecule is COc1cc(-c2ncnc(OC)c2C=C(Br)Br)c(F)cc1Cl. The van der Waals surface area contributed by atoms with Gasteiger partial charge in [-0.15, -0.1) is 0 Å². The van der Waals surface area contributed by atoms with Crippen LogP contribution in [0.1, 0.15) is 5.56 Å². The summed E-state index contributed by atoms with van der Waals surface area (Å²) < 4.78 is 25.3. The molecule has 0 N–H and O–H groups in total. The molecule has 0 bridgehead atoms. The standard InChI is InChI=1S/C14H10Br2ClFN2O2/c1-21-11-3-7(10(18)5-9(11)17)13-8(4-12(15)16)14(22-2)20-6-19-13/h3-6H,1-2H3. The van der Waals surface area contributed by atoms with Crippen molar-refractivity contribution in [3.63, 3.8) is 0 Å². The van der Waals surface area contributed by atoms with Crippen molar-refractivity contribution < 1.29 is 13.9 Å². The third kappa shape index (κ3) is 3.59. The van der Waals surface area contributed by atoms with Crippen LogP contribution in [-0.4, -0.2) is 24.2 Å². The Hall–Kier alpha value is -1.18. The van der Waals surface area contributed by atoms with E-state index in [1.807, 2.05) is 0 Å². The molecule has 22 heavy (non-hydrogen) atoms. The van der Waals surface area contributed by atoms with Crippen LogP contribution >= 0.6 is 43.5 Å². The Labute approximate surface area is 148 Å². The van der Waals surface area contributed by atoms with Gasteiger partial charge in [0.2, 0.25) is 5.88 Å². The monoisotopic (exact) mass is 450 g/mol. The number of rotatable bonds is 4. The molecule has 0 fully saturated rings. The first-order valence-electron chi connectivity index (χ1n) is 5.93. The number of halogens is 4. The van der Waals surface area contributed by atoms with Gasteiger partial charge in [-0.1, -0.05) is 11.6 Å². The molecule has 0 amide bonds. The molecule has 4 nitrogen and oxygen atoms in total. The van der Waals surface area contributed by atoms with Crippen LogP contribution in [0.2, 0.25) is 5.02 Å². The first-order chi connectivity index (χ1) is 10.5. The molecule has 1 aromatic heterocycles. The molecule has 0 atom stereocenters. The van der Waals surface area contributed by atoms with Crippen molar-refractivity contribution in [2.75, 3.05) is 14.2 Å². The van der Waals surface area contributed by atoms with Crippen LogP contribution in [0.3, 0.4) is 0 Å². The van der Waals surface area contributed by atoms with E-state index in [1.165, 1.54) is 32.7 Å². The Morgan fingerprint density at radius 2 is 1.95 bits per heavy atom. The fourth-order valence-corrected chi connectivity index (χ4v) is 2.55. The van der Waals surface area contributed by atoms with E-state index in [1.54, 1.807) is 6.08 Å². The summed E-state index contributed by atoms with van der Waals surface area (Å²) >= 11 is 12.5. The highest BCUT2D eigenvalue weighted by molar-refractivity contribution is 9.28. The van der Waals surface area contributed by atoms with E-state index in [0.29, 0.717) is 26.3 Å². The predicted octanol–water partition coefficient (Wildman–Crippen LogP) is 5.04. The summed E-state index contributed by atoms with van der Waals surface area (Å²) in [5.74, 6) is 0.144. The number of hydrogen-bond donors (Lipinski definition) is 0. The zero-order valence-corrected chi connectivity index (χ0v) is 15.5. The average molecular weight is 453 g/mol. The van der Waals surface area contributed by atoms with Crippen molar-refractivity contribution in [2.45, 2.75) is 0 Å². The van der Waals surface area contributed by atoms with Crippen LogP contribution in [0.15, 0.2) is 21.9 Å². The normalized spacial score (nSPS) is 10.3. The van der Waals surface area contributed by atoms with Crippen LogP contribution in [0.5, 0.6) is 11.6 Å². The first-order valence-corrected chi connectivity index (χ1v) is 7.89. The Morgan fingerprint density at radius 1 is 1.23 bits per heavy atom. The van der Waals surface area contributed by atoms with Gasteiger partial charge in [0.15, 0.2) is 0 Å². The summed E-state index contributed by atoms with van der Waals surface area (Å²) in [5, 5.41) is 0.184. The van der Waals surface area contributed by atoms with Crippen LogP contribution in [-0.2, 0) is 0 Å². The topological polar surface area (TPSA) is 44.2 Å². The van der Waals surface area contributed by atoms with E-state index in [-0.39, 0.29) is 10.6 Å². The third-order valence-electron chi connectivity index (χ3n) is 2.79. The van der Waals surface area contributed by atoms with Crippen molar-refractivity contribution >= 4 is 49.5 Å². The molecule has 1 aromatic carbocycles. The van der Waals surface area contributed by atoms with Gasteiger partial charge in [0.05, 0.1) is 33.9 Å². The highest BCUT2D eigenvalue weighted by Crippen LogP contribution is 2.36. The smallest absolute Gasteiger partial charge is 0.224 e. The van der Waals surface area contributed by atoms with Crippen LogP contribution < -0.4 is 9.47 Å². The lowest BCUT2D eigenvalue weighted by atomic mass is 10.1. The van der Waals surface area contributed by atoms with Gasteiger partial charge in [-0.2, -0.15) is 0 Å². The molecule has 8 heteroatoms. The molecule has 2 rings (SSSR count). The van der Waals surface area contributed by atoms with Gasteiger partial charge in [-0.3, -0.25) is 0 Å². The van der Waals surface area contributed by atoms with E-state index in [4.69, 9.17) is 21.1 Å². The van der Waals surface area contributed by atoms with Crippen molar-refractivity contribution in [1.29, 1.82) is 0 Å². The maximum absolute atomic E-state index is 14.3. The van der Waals surface area contributed by atoms with Gasteiger partial charge in [0.25, 0.3) is 0 Å². The number of methoxy groups -OCH3 is 2. The molecule has 0 aliphatic rings. The molecule has 0 aliphatic carbocycles. The Kier molecular flexibility index (Phi) is 5.77. The zero-order chi connectivity index (χ0) is 16.3. The number of benzene rings is 1. The molecule has 0 radical (unpaired) electrons. The molecule has 0 saturated heterocycles. The number of aromatic nitrogens is 2. The second-order valence-corrected chi connectivity index (χ2v) is 7.23. The maximum atomic E-state index is 14.3. The number of hydrogen-bond acceptors (Lipinski definition) is 4. The molecule has 0 saturated carbocycles. The van der Waals surface area contributed by atoms with E-state index >= 15 is 0 Å². The molecule has 1 heterocycles. The van der Waals surface area contributed by atoms with Crippen molar-refractivity contribution in [2.24, 2.45) is 0 Å². The molecule has 0 spiro atoms. The molecule has 0 aliphatic heterocycles. The summed E-state index contributed by atoms with van der Waals surface area (Å²) in [6, 6.07) is 2.67. The molecular formula is C14H10Br2ClFN2O2. The maximum Gasteiger partial charge on any atom is 0.224 e. The highest BCUT2D eigenvalue weighted by atomic mass is 79.9. The van der Waals surface area contributed by atoms with Crippen LogP contribution in [0, 0.1) is 5.82 Å². The van der Waals surface area contributed by atoms with E-state index in [2.05, 4.69) is 41.8 Å². The van der Waals surface area contributed by atoms with Gasteiger partial charge in [-0.25, -0.2) is 14.4 Å². The van der Waals surface area contributed by atoms with Gasteiger partial charge in [-0.05, 0) is 50.1 Å². The van der Waals surface area contributed by atoms with E-state index in [9.17, 15) is 4.39 Å². The Bertz CT molecular complexity index is 737. The molecule has 0 unspecified atom stereocenters. The van der Waals surface area contributed by atoms with E-state index < -0.39 is 5.82 Å². The lowest BCUT2D eigenvalue weighted by Crippen LogP contribution is -1.99. The van der Waals surface area contributed by atoms with Gasteiger partial charge in [0, 0.05) is 5.56 Å². The van der Waals surface area contributed by atoms with Crippen molar-refractivity contribution in [1.82, 2.24) is 9.97 Å². The summed E-state index contributed by atoms with van der Waals surface area (Å²) in [6.07, 6.45) is 2.98. The quantitative estimate of drug-likeness (QED) is 0.652. The lowest BCUT2D eigenvalue weighted by molar-refractivity contribution is 0.396. The predicted molar refractivity (Wildman–Crippen MR) is 91.4 cm³/mol. The minimum Gasteiger partial charge on any atom is -0.495 e. The minimum absolute atomic E-state index is 0.184. The zero-order valence-electron chi connectivity index (χ0n) is 11.5. The summed E-state index contributed by atoms with van der Waals surface area (Å²) in [6.45, 7) is 0. The third-order valence-corrected chi connectivity index (χ3v) is 3.54. The Morgan fingerprint density at radius 3 is 2.55 bits per heavy atom. The van der Waals surface area contributed by atoms with Gasteiger partial charge >= 0.3 is 0 Å². The number of nitrogens with zero attached hydrogens (tertiary/aromatic N) is 2. The van der Waals surface area contributed by atoms with Crippen molar-refractivity contribution in [3.8, 4) is 22.9 Å². The second-order valence-electron chi connectivity index (χ2n) is 4.05. The van der Waals surface area contributed by atoms with E-state index in [0.717, 1.165) is 0 Å². The minimum atomic E-state index is -0.521. The molecule has 2 aromatic rings. The van der Waals surface area contributed by atoms with Gasteiger partial charge < -0.3 is 9.47 Å². The van der Waals surface area contributed by atoms with Gasteiger partial charge in [0.1, 0.15) is 17.9 Å². The average Bonchev–Trinajstić information content (AvgIpc) is 2.47. The number of ether oxygens (including phenoxy) is 2. The fraction of sp³-hybridized carbons (Fsp3) is 0.143. The first kappa shape index (κ1) is 17.2. The van der Waals surface area contributed by atoms with Crippen LogP contribution in [0.25, 0.3) is 17.3 Å². The molecular weight excluding hydrogens is 442 g/mol. The summed E-state index contributed by atoms with van der Waals surface area (Å²) in [5.41, 5.74) is 1.10. The molecule has 116 valence electrons. The largest absolute Gasteiger partial charge is 0.495 e. The second kappa shape index (κ2) is 7.39. The fourth-order valence-electron chi connectivity index (χ4n) is 1.86.